The quantitative estimate of drug-likeness (QED) is 0.815. The topological polar surface area (TPSA) is 53.4 Å². The third-order valence-electron chi connectivity index (χ3n) is 2.52. The maximum atomic E-state index is 13.2. The molecule has 0 aliphatic carbocycles. The number of carbonyl (C=O) groups is 1. The van der Waals surface area contributed by atoms with Gasteiger partial charge in [-0.3, -0.25) is 0 Å². The summed E-state index contributed by atoms with van der Waals surface area (Å²) in [6, 6.07) is 5.52. The summed E-state index contributed by atoms with van der Waals surface area (Å²) in [6.07, 6.45) is 0. The Hall–Kier alpha value is -2.08. The number of halogens is 2. The molecule has 106 valence electrons. The minimum atomic E-state index is -0.558. The summed E-state index contributed by atoms with van der Waals surface area (Å²) in [6.45, 7) is 1.95. The first-order valence-corrected chi connectivity index (χ1v) is 6.21. The fraction of sp³-hybridized carbons (Fsp3) is 0.231. The normalized spacial score (nSPS) is 10.4. The highest BCUT2D eigenvalue weighted by atomic mass is 35.5. The van der Waals surface area contributed by atoms with Gasteiger partial charge in [-0.2, -0.15) is 5.10 Å². The lowest BCUT2D eigenvalue weighted by atomic mass is 10.3. The molecule has 20 heavy (non-hydrogen) atoms. The van der Waals surface area contributed by atoms with Gasteiger partial charge in [-0.1, -0.05) is 11.6 Å². The molecular weight excluding hydrogens is 287 g/mol. The lowest BCUT2D eigenvalue weighted by Crippen LogP contribution is -2.07. The molecule has 0 aliphatic rings. The number of aromatic nitrogens is 2. The summed E-state index contributed by atoms with van der Waals surface area (Å²) in [4.78, 5) is 11.6. The molecule has 1 aromatic carbocycles. The van der Waals surface area contributed by atoms with Crippen LogP contribution in [-0.4, -0.2) is 29.5 Å². The highest BCUT2D eigenvalue weighted by Gasteiger charge is 2.17. The van der Waals surface area contributed by atoms with E-state index in [0.29, 0.717) is 11.6 Å². The van der Waals surface area contributed by atoms with E-state index in [4.69, 9.17) is 21.1 Å². The molecule has 0 atom stereocenters. The monoisotopic (exact) mass is 298 g/mol. The van der Waals surface area contributed by atoms with Crippen molar-refractivity contribution >= 4 is 17.6 Å². The number of rotatable bonds is 4. The van der Waals surface area contributed by atoms with Crippen molar-refractivity contribution in [2.24, 2.45) is 0 Å². The molecule has 0 saturated carbocycles. The van der Waals surface area contributed by atoms with Crippen molar-refractivity contribution in [1.29, 1.82) is 0 Å². The maximum Gasteiger partial charge on any atom is 0.358 e. The van der Waals surface area contributed by atoms with Gasteiger partial charge in [-0.25, -0.2) is 13.9 Å². The van der Waals surface area contributed by atoms with Crippen molar-refractivity contribution in [2.45, 2.75) is 6.92 Å². The highest BCUT2D eigenvalue weighted by molar-refractivity contribution is 6.30. The largest absolute Gasteiger partial charge is 0.481 e. The molecule has 1 aromatic heterocycles. The molecule has 0 spiro atoms. The average molecular weight is 299 g/mol. The molecule has 2 aromatic rings. The van der Waals surface area contributed by atoms with Crippen LogP contribution in [0, 0.1) is 5.82 Å². The third-order valence-corrected chi connectivity index (χ3v) is 2.81. The van der Waals surface area contributed by atoms with Gasteiger partial charge in [0.1, 0.15) is 5.82 Å². The Kier molecular flexibility index (Phi) is 4.24. The minimum absolute atomic E-state index is 0.0438. The number of hydrogen-bond acceptors (Lipinski definition) is 4. The predicted molar refractivity (Wildman–Crippen MR) is 71.0 cm³/mol. The Bertz CT molecular complexity index is 643. The second-order valence-electron chi connectivity index (χ2n) is 3.80. The Morgan fingerprint density at radius 2 is 2.20 bits per heavy atom. The van der Waals surface area contributed by atoms with E-state index in [2.05, 4.69) is 5.10 Å². The number of hydrogen-bond donors (Lipinski definition) is 0. The Balaban J connectivity index is 2.44. The van der Waals surface area contributed by atoms with E-state index in [1.165, 1.54) is 36.1 Å². The molecular formula is C13H12ClFN2O3. The molecule has 0 aliphatic heterocycles. The van der Waals surface area contributed by atoms with Crippen LogP contribution >= 0.6 is 11.6 Å². The number of esters is 1. The second-order valence-corrected chi connectivity index (χ2v) is 4.21. The van der Waals surface area contributed by atoms with E-state index in [9.17, 15) is 9.18 Å². The van der Waals surface area contributed by atoms with Crippen LogP contribution in [0.2, 0.25) is 5.02 Å². The average Bonchev–Trinajstić information content (AvgIpc) is 2.86. The van der Waals surface area contributed by atoms with E-state index in [1.54, 1.807) is 6.92 Å². The van der Waals surface area contributed by atoms with E-state index < -0.39 is 11.8 Å². The molecule has 7 heteroatoms. The van der Waals surface area contributed by atoms with E-state index >= 15 is 0 Å². The van der Waals surface area contributed by atoms with Crippen molar-refractivity contribution in [3.63, 3.8) is 0 Å². The van der Waals surface area contributed by atoms with Crippen LogP contribution in [0.25, 0.3) is 5.69 Å². The zero-order valence-electron chi connectivity index (χ0n) is 10.9. The van der Waals surface area contributed by atoms with Gasteiger partial charge >= 0.3 is 5.97 Å². The summed E-state index contributed by atoms with van der Waals surface area (Å²) >= 11 is 5.73. The van der Waals surface area contributed by atoms with Crippen molar-refractivity contribution in [3.8, 4) is 11.6 Å². The molecule has 5 nitrogen and oxygen atoms in total. The summed E-state index contributed by atoms with van der Waals surface area (Å²) in [5.74, 6) is -0.777. The van der Waals surface area contributed by atoms with Crippen LogP contribution in [0.3, 0.4) is 0 Å². The van der Waals surface area contributed by atoms with Crippen LogP contribution in [0.5, 0.6) is 5.88 Å². The first-order chi connectivity index (χ1) is 9.56. The van der Waals surface area contributed by atoms with Gasteiger partial charge in [-0.05, 0) is 25.1 Å². The minimum Gasteiger partial charge on any atom is -0.481 e. The number of ether oxygens (including phenoxy) is 2. The zero-order valence-corrected chi connectivity index (χ0v) is 11.6. The van der Waals surface area contributed by atoms with Crippen molar-refractivity contribution < 1.29 is 18.7 Å². The molecule has 0 unspecified atom stereocenters. The summed E-state index contributed by atoms with van der Waals surface area (Å²) in [5, 5.41) is 4.03. The van der Waals surface area contributed by atoms with E-state index in [0.717, 1.165) is 0 Å². The standard InChI is InChI=1S/C13H12ClFN2O3/c1-3-20-13(18)11-7-12(19-2)17(16-11)8-4-5-10(15)9(14)6-8/h4-7H,3H2,1-2H3. The van der Waals surface area contributed by atoms with Gasteiger partial charge in [-0.15, -0.1) is 0 Å². The van der Waals surface area contributed by atoms with Crippen LogP contribution in [-0.2, 0) is 4.74 Å². The predicted octanol–water partition coefficient (Wildman–Crippen LogP) is 2.85. The number of nitrogens with zero attached hydrogens (tertiary/aromatic N) is 2. The first kappa shape index (κ1) is 14.3. The van der Waals surface area contributed by atoms with Gasteiger partial charge < -0.3 is 9.47 Å². The van der Waals surface area contributed by atoms with Crippen LogP contribution in [0.4, 0.5) is 4.39 Å². The highest BCUT2D eigenvalue weighted by Crippen LogP contribution is 2.23. The van der Waals surface area contributed by atoms with Crippen LogP contribution < -0.4 is 4.74 Å². The van der Waals surface area contributed by atoms with Gasteiger partial charge in [0.05, 0.1) is 24.4 Å². The fourth-order valence-electron chi connectivity index (χ4n) is 1.62. The molecule has 0 N–H and O–H groups in total. The molecule has 0 saturated heterocycles. The van der Waals surface area contributed by atoms with Gasteiger partial charge in [0.25, 0.3) is 0 Å². The zero-order chi connectivity index (χ0) is 14.7. The van der Waals surface area contributed by atoms with Crippen LogP contribution in [0.1, 0.15) is 17.4 Å². The number of methoxy groups -OCH3 is 1. The number of benzene rings is 1. The summed E-state index contributed by atoms with van der Waals surface area (Å²) < 4.78 is 24.5. The summed E-state index contributed by atoms with van der Waals surface area (Å²) in [7, 11) is 1.44. The van der Waals surface area contributed by atoms with Crippen molar-refractivity contribution in [1.82, 2.24) is 9.78 Å². The Morgan fingerprint density at radius 1 is 1.45 bits per heavy atom. The SMILES string of the molecule is CCOC(=O)c1cc(OC)n(-c2ccc(F)c(Cl)c2)n1. The van der Waals surface area contributed by atoms with E-state index in [1.807, 2.05) is 0 Å². The van der Waals surface area contributed by atoms with Gasteiger partial charge in [0, 0.05) is 6.07 Å². The molecule has 2 rings (SSSR count). The molecule has 0 fully saturated rings. The van der Waals surface area contributed by atoms with Crippen LogP contribution in [0.15, 0.2) is 24.3 Å². The van der Waals surface area contributed by atoms with Crippen molar-refractivity contribution in [2.75, 3.05) is 13.7 Å². The Labute approximate surface area is 119 Å². The molecule has 1 heterocycles. The summed E-state index contributed by atoms with van der Waals surface area (Å²) in [5.41, 5.74) is 0.577. The smallest absolute Gasteiger partial charge is 0.358 e. The van der Waals surface area contributed by atoms with E-state index in [-0.39, 0.29) is 17.3 Å². The van der Waals surface area contributed by atoms with Crippen molar-refractivity contribution in [3.05, 3.63) is 40.8 Å². The molecule has 0 amide bonds. The lowest BCUT2D eigenvalue weighted by Gasteiger charge is -2.06. The third kappa shape index (κ3) is 2.75. The fourth-order valence-corrected chi connectivity index (χ4v) is 1.79. The van der Waals surface area contributed by atoms with Gasteiger partial charge in [0.2, 0.25) is 5.88 Å². The number of carbonyl (C=O) groups excluding carboxylic acids is 1. The van der Waals surface area contributed by atoms with Gasteiger partial charge in [0.15, 0.2) is 5.69 Å². The Morgan fingerprint density at radius 3 is 2.80 bits per heavy atom. The maximum absolute atomic E-state index is 13.2. The lowest BCUT2D eigenvalue weighted by molar-refractivity contribution is 0.0519. The second kappa shape index (κ2) is 5.92. The first-order valence-electron chi connectivity index (χ1n) is 5.83. The molecule has 0 radical (unpaired) electrons. The molecule has 0 bridgehead atoms.